The Kier molecular flexibility index (Phi) is 8.16. The predicted molar refractivity (Wildman–Crippen MR) is 156 cm³/mol. The molecule has 1 aromatic heterocycles. The molecule has 2 N–H and O–H groups in total. The highest BCUT2D eigenvalue weighted by atomic mass is 19.1. The Morgan fingerprint density at radius 3 is 2.62 bits per heavy atom. The van der Waals surface area contributed by atoms with E-state index in [2.05, 4.69) is 5.32 Å². The minimum Gasteiger partial charge on any atom is -0.492 e. The number of hydrogen-bond acceptors (Lipinski definition) is 5. The zero-order chi connectivity index (χ0) is 28.2. The number of halogens is 1. The van der Waals surface area contributed by atoms with Crippen LogP contribution in [0, 0.1) is 11.7 Å². The van der Waals surface area contributed by atoms with Crippen LogP contribution in [0.15, 0.2) is 71.7 Å². The Hall–Kier alpha value is -4.17. The van der Waals surface area contributed by atoms with Crippen LogP contribution in [0.5, 0.6) is 5.75 Å². The molecular weight excluding hydrogens is 509 g/mol. The van der Waals surface area contributed by atoms with Gasteiger partial charge in [0.25, 0.3) is 0 Å². The van der Waals surface area contributed by atoms with Gasteiger partial charge < -0.3 is 24.6 Å². The molecule has 0 aliphatic carbocycles. The van der Waals surface area contributed by atoms with E-state index in [0.29, 0.717) is 30.2 Å². The van der Waals surface area contributed by atoms with Gasteiger partial charge in [-0.25, -0.2) is 9.18 Å². The van der Waals surface area contributed by atoms with Crippen molar-refractivity contribution in [2.24, 2.45) is 5.92 Å². The summed E-state index contributed by atoms with van der Waals surface area (Å²) < 4.78 is 23.3. The Labute approximate surface area is 232 Å². The van der Waals surface area contributed by atoms with Crippen molar-refractivity contribution < 1.29 is 19.0 Å². The number of nitrogens with one attached hydrogen (secondary N) is 1. The molecule has 0 amide bonds. The second kappa shape index (κ2) is 11.9. The predicted octanol–water partition coefficient (Wildman–Crippen LogP) is 5.39. The Morgan fingerprint density at radius 2 is 1.90 bits per heavy atom. The first-order valence-corrected chi connectivity index (χ1v) is 13.6. The lowest BCUT2D eigenvalue weighted by Gasteiger charge is -2.25. The third-order valence-electron chi connectivity index (χ3n) is 7.71. The number of aromatic carboxylic acids is 1. The maximum Gasteiger partial charge on any atom is 0.341 e. The molecule has 2 heterocycles. The van der Waals surface area contributed by atoms with Crippen LogP contribution in [0.4, 0.5) is 10.1 Å². The number of carboxylic acid groups (broad SMARTS) is 1. The van der Waals surface area contributed by atoms with Crippen molar-refractivity contribution in [1.29, 1.82) is 0 Å². The molecule has 1 fully saturated rings. The zero-order valence-corrected chi connectivity index (χ0v) is 22.8. The molecule has 1 aliphatic heterocycles. The number of nitrogens with zero attached hydrogens (tertiary/aromatic N) is 2. The summed E-state index contributed by atoms with van der Waals surface area (Å²) in [6, 6.07) is 19.1. The summed E-state index contributed by atoms with van der Waals surface area (Å²) in [5.41, 5.74) is 2.54. The molecule has 0 bridgehead atoms. The number of pyridine rings is 1. The van der Waals surface area contributed by atoms with Crippen molar-refractivity contribution in [3.8, 4) is 16.9 Å². The summed E-state index contributed by atoms with van der Waals surface area (Å²) in [7, 11) is 3.40. The minimum absolute atomic E-state index is 0.0121. The lowest BCUT2D eigenvalue weighted by molar-refractivity contribution is 0.0694. The van der Waals surface area contributed by atoms with Gasteiger partial charge in [0.1, 0.15) is 11.3 Å². The van der Waals surface area contributed by atoms with Crippen LogP contribution in [0.25, 0.3) is 22.0 Å². The number of ether oxygens (including phenoxy) is 1. The van der Waals surface area contributed by atoms with Crippen molar-refractivity contribution in [3.05, 3.63) is 94.0 Å². The molecule has 0 unspecified atom stereocenters. The van der Waals surface area contributed by atoms with Gasteiger partial charge in [0.15, 0.2) is 11.6 Å². The van der Waals surface area contributed by atoms with E-state index in [9.17, 15) is 14.7 Å². The lowest BCUT2D eigenvalue weighted by Crippen LogP contribution is -2.24. The fourth-order valence-corrected chi connectivity index (χ4v) is 5.77. The molecule has 1 saturated heterocycles. The second-order valence-corrected chi connectivity index (χ2v) is 10.4. The maximum atomic E-state index is 15.7. The summed E-state index contributed by atoms with van der Waals surface area (Å²) in [5.74, 6) is -1.26. The summed E-state index contributed by atoms with van der Waals surface area (Å²) in [6.07, 6.45) is 4.38. The van der Waals surface area contributed by atoms with Gasteiger partial charge in [-0.1, -0.05) is 48.5 Å². The summed E-state index contributed by atoms with van der Waals surface area (Å²) in [4.78, 5) is 27.2. The average Bonchev–Trinajstić information content (AvgIpc) is 3.42. The highest BCUT2D eigenvalue weighted by molar-refractivity contribution is 5.97. The van der Waals surface area contributed by atoms with Crippen LogP contribution in [0.2, 0.25) is 0 Å². The molecule has 0 spiro atoms. The highest BCUT2D eigenvalue weighted by Crippen LogP contribution is 2.41. The quantitative estimate of drug-likeness (QED) is 0.261. The smallest absolute Gasteiger partial charge is 0.341 e. The van der Waals surface area contributed by atoms with Gasteiger partial charge in [0.05, 0.1) is 18.0 Å². The van der Waals surface area contributed by atoms with E-state index >= 15 is 4.39 Å². The number of carboxylic acids is 1. The van der Waals surface area contributed by atoms with Crippen LogP contribution in [0.1, 0.15) is 35.2 Å². The number of carbonyl (C=O) groups is 1. The summed E-state index contributed by atoms with van der Waals surface area (Å²) >= 11 is 0. The minimum atomic E-state index is -1.36. The highest BCUT2D eigenvalue weighted by Gasteiger charge is 2.30. The maximum absolute atomic E-state index is 15.7. The van der Waals surface area contributed by atoms with E-state index in [-0.39, 0.29) is 17.7 Å². The van der Waals surface area contributed by atoms with Crippen LogP contribution >= 0.6 is 0 Å². The third-order valence-corrected chi connectivity index (χ3v) is 7.71. The molecule has 5 rings (SSSR count). The van der Waals surface area contributed by atoms with E-state index in [0.717, 1.165) is 42.5 Å². The molecule has 208 valence electrons. The van der Waals surface area contributed by atoms with Crippen molar-refractivity contribution in [2.45, 2.75) is 25.8 Å². The van der Waals surface area contributed by atoms with Crippen molar-refractivity contribution in [3.63, 3.8) is 0 Å². The first-order valence-electron chi connectivity index (χ1n) is 13.6. The normalized spacial score (nSPS) is 15.1. The molecule has 40 heavy (non-hydrogen) atoms. The lowest BCUT2D eigenvalue weighted by atomic mass is 10.0. The van der Waals surface area contributed by atoms with Gasteiger partial charge in [-0.15, -0.1) is 0 Å². The topological polar surface area (TPSA) is 83.8 Å². The summed E-state index contributed by atoms with van der Waals surface area (Å²) in [5, 5.41) is 13.0. The Bertz CT molecular complexity index is 1590. The fraction of sp³-hybridized carbons (Fsp3) is 0.312. The standard InChI is InChI=1S/C32H34FN3O4/c1-34-14-7-9-21-13-15-35(18-21)29-27(33)17-25-28(31(29)40-2)36(20-26(30(25)37)32(38)39)19-22-8-6-12-24(16-22)23-10-4-3-5-11-23/h3-6,8,10-12,16-17,20-21,34H,7,9,13-15,18-19H2,1-2H3,(H,38,39)/t21-/m1/s1. The van der Waals surface area contributed by atoms with E-state index in [1.165, 1.54) is 19.4 Å². The number of aromatic nitrogens is 1. The van der Waals surface area contributed by atoms with Gasteiger partial charge in [0, 0.05) is 25.8 Å². The van der Waals surface area contributed by atoms with Crippen molar-refractivity contribution in [2.75, 3.05) is 38.7 Å². The fourth-order valence-electron chi connectivity index (χ4n) is 5.77. The number of fused-ring (bicyclic) bond motifs is 1. The monoisotopic (exact) mass is 543 g/mol. The van der Waals surface area contributed by atoms with Crippen molar-refractivity contribution in [1.82, 2.24) is 9.88 Å². The molecule has 8 heteroatoms. The zero-order valence-electron chi connectivity index (χ0n) is 22.8. The Morgan fingerprint density at radius 1 is 1.12 bits per heavy atom. The second-order valence-electron chi connectivity index (χ2n) is 10.4. The molecule has 7 nitrogen and oxygen atoms in total. The number of methoxy groups -OCH3 is 1. The number of anilines is 1. The van der Waals surface area contributed by atoms with Gasteiger partial charge in [-0.2, -0.15) is 0 Å². The summed E-state index contributed by atoms with van der Waals surface area (Å²) in [6.45, 7) is 2.58. The van der Waals surface area contributed by atoms with Crippen LogP contribution < -0.4 is 20.4 Å². The molecule has 1 aliphatic rings. The molecule has 0 saturated carbocycles. The molecule has 3 aromatic carbocycles. The van der Waals surface area contributed by atoms with Gasteiger partial charge in [0.2, 0.25) is 5.43 Å². The molecule has 4 aromatic rings. The first-order chi connectivity index (χ1) is 19.4. The van der Waals surface area contributed by atoms with E-state index in [1.54, 1.807) is 4.57 Å². The molecular formula is C32H34FN3O4. The average molecular weight is 544 g/mol. The largest absolute Gasteiger partial charge is 0.492 e. The third kappa shape index (κ3) is 5.45. The van der Waals surface area contributed by atoms with Crippen LogP contribution in [-0.4, -0.2) is 49.4 Å². The van der Waals surface area contributed by atoms with Gasteiger partial charge in [-0.05, 0) is 67.6 Å². The van der Waals surface area contributed by atoms with E-state index in [4.69, 9.17) is 4.74 Å². The molecule has 1 atom stereocenters. The number of hydrogen-bond donors (Lipinski definition) is 2. The van der Waals surface area contributed by atoms with Crippen molar-refractivity contribution >= 4 is 22.6 Å². The SMILES string of the molecule is CNCCC[C@@H]1CCN(c2c(F)cc3c(=O)c(C(=O)O)cn(Cc4cccc(-c5ccccc5)c4)c3c2OC)C1. The Balaban J connectivity index is 1.62. The van der Waals surface area contributed by atoms with Crippen LogP contribution in [0.3, 0.4) is 0 Å². The van der Waals surface area contributed by atoms with Gasteiger partial charge in [-0.3, -0.25) is 4.79 Å². The first kappa shape index (κ1) is 27.4. The van der Waals surface area contributed by atoms with E-state index in [1.807, 2.05) is 66.5 Å². The number of rotatable bonds is 10. The van der Waals surface area contributed by atoms with Crippen LogP contribution in [-0.2, 0) is 6.54 Å². The number of benzene rings is 3. The van der Waals surface area contributed by atoms with E-state index < -0.39 is 22.8 Å². The molecule has 0 radical (unpaired) electrons. The van der Waals surface area contributed by atoms with Gasteiger partial charge >= 0.3 is 5.97 Å².